The molecule has 0 aliphatic carbocycles. The van der Waals surface area contributed by atoms with Crippen molar-refractivity contribution in [2.75, 3.05) is 4.90 Å². The van der Waals surface area contributed by atoms with Gasteiger partial charge in [0.25, 0.3) is 11.8 Å². The molecule has 2 aromatic rings. The first-order chi connectivity index (χ1) is 9.11. The van der Waals surface area contributed by atoms with Gasteiger partial charge in [-0.3, -0.25) is 9.59 Å². The van der Waals surface area contributed by atoms with Gasteiger partial charge in [-0.1, -0.05) is 12.1 Å². The van der Waals surface area contributed by atoms with Crippen LogP contribution in [-0.4, -0.2) is 22.9 Å². The third-order valence-electron chi connectivity index (χ3n) is 2.87. The minimum Gasteiger partial charge on any atom is -0.478 e. The van der Waals surface area contributed by atoms with Crippen LogP contribution in [0.1, 0.15) is 31.1 Å². The van der Waals surface area contributed by atoms with E-state index in [1.807, 2.05) is 0 Å². The second kappa shape index (κ2) is 4.03. The van der Waals surface area contributed by atoms with E-state index in [1.54, 1.807) is 29.6 Å². The quantitative estimate of drug-likeness (QED) is 0.851. The summed E-state index contributed by atoms with van der Waals surface area (Å²) >= 11 is 1.06. The molecule has 2 heterocycles. The molecule has 1 aromatic carbocycles. The first-order valence-corrected chi connectivity index (χ1v) is 6.28. The van der Waals surface area contributed by atoms with Crippen LogP contribution in [0.2, 0.25) is 0 Å². The number of benzene rings is 1. The molecule has 94 valence electrons. The maximum atomic E-state index is 12.2. The molecule has 6 heteroatoms. The third-order valence-corrected chi connectivity index (χ3v) is 3.77. The van der Waals surface area contributed by atoms with E-state index in [0.29, 0.717) is 11.1 Å². The average Bonchev–Trinajstić information content (AvgIpc) is 2.95. The normalized spacial score (nSPS) is 13.8. The van der Waals surface area contributed by atoms with E-state index in [4.69, 9.17) is 5.11 Å². The highest BCUT2D eigenvalue weighted by atomic mass is 32.1. The molecule has 1 N–H and O–H groups in total. The first kappa shape index (κ1) is 11.6. The van der Waals surface area contributed by atoms with Gasteiger partial charge in [-0.25, -0.2) is 9.69 Å². The van der Waals surface area contributed by atoms with Crippen molar-refractivity contribution in [3.8, 4) is 0 Å². The monoisotopic (exact) mass is 273 g/mol. The number of carboxylic acid groups (broad SMARTS) is 1. The molecule has 19 heavy (non-hydrogen) atoms. The molecule has 1 aliphatic rings. The van der Waals surface area contributed by atoms with Crippen LogP contribution in [0.5, 0.6) is 0 Å². The van der Waals surface area contributed by atoms with Crippen molar-refractivity contribution in [1.82, 2.24) is 0 Å². The van der Waals surface area contributed by atoms with Crippen molar-refractivity contribution in [2.45, 2.75) is 0 Å². The lowest BCUT2D eigenvalue weighted by Gasteiger charge is -2.12. The topological polar surface area (TPSA) is 74.7 Å². The number of thiophene rings is 1. The van der Waals surface area contributed by atoms with Gasteiger partial charge in [-0.2, -0.15) is 0 Å². The molecule has 1 aromatic heterocycles. The summed E-state index contributed by atoms with van der Waals surface area (Å²) in [5, 5.41) is 10.8. The van der Waals surface area contributed by atoms with Gasteiger partial charge in [-0.05, 0) is 23.6 Å². The Morgan fingerprint density at radius 1 is 1.05 bits per heavy atom. The molecule has 1 aliphatic heterocycles. The molecule has 0 bridgehead atoms. The highest BCUT2D eigenvalue weighted by Crippen LogP contribution is 2.34. The van der Waals surface area contributed by atoms with E-state index in [0.717, 1.165) is 16.2 Å². The van der Waals surface area contributed by atoms with Crippen LogP contribution in [-0.2, 0) is 0 Å². The zero-order chi connectivity index (χ0) is 13.6. The fraction of sp³-hybridized carbons (Fsp3) is 0. The number of carbonyl (C=O) groups excluding carboxylic acids is 2. The van der Waals surface area contributed by atoms with Crippen LogP contribution < -0.4 is 4.90 Å². The Bertz CT molecular complexity index is 684. The van der Waals surface area contributed by atoms with Crippen molar-refractivity contribution in [3.63, 3.8) is 0 Å². The number of carbonyl (C=O) groups is 3. The average molecular weight is 273 g/mol. The minimum absolute atomic E-state index is 0.0421. The summed E-state index contributed by atoms with van der Waals surface area (Å²) < 4.78 is 0. The van der Waals surface area contributed by atoms with Crippen molar-refractivity contribution in [2.24, 2.45) is 0 Å². The lowest BCUT2D eigenvalue weighted by Crippen LogP contribution is -2.29. The van der Waals surface area contributed by atoms with Gasteiger partial charge in [-0.15, -0.1) is 11.3 Å². The van der Waals surface area contributed by atoms with E-state index >= 15 is 0 Å². The summed E-state index contributed by atoms with van der Waals surface area (Å²) in [7, 11) is 0. The zero-order valence-electron chi connectivity index (χ0n) is 9.49. The lowest BCUT2D eigenvalue weighted by atomic mass is 10.1. The molecule has 0 saturated heterocycles. The summed E-state index contributed by atoms with van der Waals surface area (Å²) in [6, 6.07) is 7.83. The largest absolute Gasteiger partial charge is 0.478 e. The second-order valence-electron chi connectivity index (χ2n) is 3.94. The van der Waals surface area contributed by atoms with Gasteiger partial charge in [0.15, 0.2) is 0 Å². The molecule has 2 amide bonds. The van der Waals surface area contributed by atoms with Crippen LogP contribution in [0.4, 0.5) is 5.00 Å². The number of hydrogen-bond acceptors (Lipinski definition) is 4. The summed E-state index contributed by atoms with van der Waals surface area (Å²) in [4.78, 5) is 36.4. The van der Waals surface area contributed by atoms with Crippen LogP contribution in [0, 0.1) is 0 Å². The van der Waals surface area contributed by atoms with Crippen LogP contribution in [0.25, 0.3) is 0 Å². The van der Waals surface area contributed by atoms with Gasteiger partial charge in [0, 0.05) is 0 Å². The Kier molecular flexibility index (Phi) is 2.46. The number of carboxylic acids is 1. The minimum atomic E-state index is -1.16. The van der Waals surface area contributed by atoms with Gasteiger partial charge in [0.2, 0.25) is 0 Å². The molecular weight excluding hydrogens is 266 g/mol. The number of fused-ring (bicyclic) bond motifs is 1. The lowest BCUT2D eigenvalue weighted by molar-refractivity contribution is 0.0698. The molecule has 3 rings (SSSR count). The molecule has 0 atom stereocenters. The van der Waals surface area contributed by atoms with Gasteiger partial charge in [0.05, 0.1) is 16.7 Å². The van der Waals surface area contributed by atoms with Crippen molar-refractivity contribution in [1.29, 1.82) is 0 Å². The van der Waals surface area contributed by atoms with E-state index in [-0.39, 0.29) is 10.6 Å². The number of nitrogens with zero attached hydrogens (tertiary/aromatic N) is 1. The standard InChI is InChI=1S/C13H7NO4S/c15-10-7-3-1-2-4-8(7)11(16)14(10)12-9(13(17)18)5-6-19-12/h1-6H,(H,17,18). The second-order valence-corrected chi connectivity index (χ2v) is 4.83. The van der Waals surface area contributed by atoms with Crippen molar-refractivity contribution >= 4 is 34.1 Å². The Hall–Kier alpha value is -2.47. The number of aromatic carboxylic acids is 1. The number of imide groups is 1. The molecule has 0 spiro atoms. The zero-order valence-corrected chi connectivity index (χ0v) is 10.3. The van der Waals surface area contributed by atoms with Crippen molar-refractivity contribution < 1.29 is 19.5 Å². The Morgan fingerprint density at radius 2 is 1.63 bits per heavy atom. The van der Waals surface area contributed by atoms with Crippen LogP contribution in [0.15, 0.2) is 35.7 Å². The SMILES string of the molecule is O=C(O)c1ccsc1N1C(=O)c2ccccc2C1=O. The smallest absolute Gasteiger partial charge is 0.338 e. The number of amides is 2. The highest BCUT2D eigenvalue weighted by molar-refractivity contribution is 7.15. The molecule has 0 fully saturated rings. The summed E-state index contributed by atoms with van der Waals surface area (Å²) in [6.45, 7) is 0. The van der Waals surface area contributed by atoms with Crippen LogP contribution >= 0.6 is 11.3 Å². The first-order valence-electron chi connectivity index (χ1n) is 5.40. The molecule has 0 radical (unpaired) electrons. The Labute approximate surface area is 111 Å². The summed E-state index contributed by atoms with van der Waals surface area (Å²) in [5.41, 5.74) is 0.564. The predicted octanol–water partition coefficient (Wildman–Crippen LogP) is 2.25. The van der Waals surface area contributed by atoms with Gasteiger partial charge in [0.1, 0.15) is 5.00 Å². The summed E-state index contributed by atoms with van der Waals surface area (Å²) in [5.74, 6) is -2.12. The van der Waals surface area contributed by atoms with Gasteiger partial charge < -0.3 is 5.11 Å². The fourth-order valence-corrected chi connectivity index (χ4v) is 2.90. The van der Waals surface area contributed by atoms with E-state index in [9.17, 15) is 14.4 Å². The molecule has 0 unspecified atom stereocenters. The fourth-order valence-electron chi connectivity index (χ4n) is 2.01. The summed E-state index contributed by atoms with van der Waals surface area (Å²) in [6.07, 6.45) is 0. The van der Waals surface area contributed by atoms with E-state index in [2.05, 4.69) is 0 Å². The Morgan fingerprint density at radius 3 is 2.16 bits per heavy atom. The molecule has 5 nitrogen and oxygen atoms in total. The Balaban J connectivity index is 2.14. The van der Waals surface area contributed by atoms with E-state index < -0.39 is 17.8 Å². The molecule has 0 saturated carbocycles. The predicted molar refractivity (Wildman–Crippen MR) is 68.9 cm³/mol. The maximum Gasteiger partial charge on any atom is 0.338 e. The number of rotatable bonds is 2. The maximum absolute atomic E-state index is 12.2. The number of hydrogen-bond donors (Lipinski definition) is 1. The van der Waals surface area contributed by atoms with E-state index in [1.165, 1.54) is 6.07 Å². The highest BCUT2D eigenvalue weighted by Gasteiger charge is 2.38. The third kappa shape index (κ3) is 1.57. The van der Waals surface area contributed by atoms with Crippen molar-refractivity contribution in [3.05, 3.63) is 52.4 Å². The van der Waals surface area contributed by atoms with Crippen LogP contribution in [0.3, 0.4) is 0 Å². The van der Waals surface area contributed by atoms with Gasteiger partial charge >= 0.3 is 5.97 Å². The number of anilines is 1. The molecular formula is C13H7NO4S.